The number of aromatic nitrogens is 2. The van der Waals surface area contributed by atoms with Gasteiger partial charge in [0, 0.05) is 71.9 Å². The van der Waals surface area contributed by atoms with Crippen LogP contribution in [0.3, 0.4) is 0 Å². The molecule has 1 aliphatic carbocycles. The fourth-order valence-corrected chi connectivity index (χ4v) is 3.23. The van der Waals surface area contributed by atoms with Crippen LogP contribution in [0.25, 0.3) is 0 Å². The largest absolute Gasteiger partial charge is 0.379 e. The molecule has 2 fully saturated rings. The summed E-state index contributed by atoms with van der Waals surface area (Å²) < 4.78 is 5.76. The van der Waals surface area contributed by atoms with Crippen molar-refractivity contribution in [1.29, 1.82) is 0 Å². The summed E-state index contributed by atoms with van der Waals surface area (Å²) in [5, 5.41) is 3.39. The molecule has 0 radical (unpaired) electrons. The Morgan fingerprint density at radius 1 is 1.24 bits per heavy atom. The Hall–Kier alpha value is -1.20. The first kappa shape index (κ1) is 24.1. The number of rotatable bonds is 10. The minimum Gasteiger partial charge on any atom is -0.379 e. The van der Waals surface area contributed by atoms with Crippen LogP contribution in [0.15, 0.2) is 23.5 Å². The molecule has 3 rings (SSSR count). The number of likely N-dealkylation sites (N-methyl/N-ethyl adjacent to an activating group) is 1. The summed E-state index contributed by atoms with van der Waals surface area (Å²) in [6.07, 6.45) is 6.29. The first-order chi connectivity index (χ1) is 13.8. The van der Waals surface area contributed by atoms with Gasteiger partial charge in [0.1, 0.15) is 0 Å². The van der Waals surface area contributed by atoms with Gasteiger partial charge in [-0.25, -0.2) is 9.97 Å². The standard InChI is InChI=1S/C20H35N7O.HI/c1-3-21-19(25(2)15-16-28-17-18-5-6-18)24-9-10-26-11-13-27(14-12-26)20-22-7-4-8-23-20;/h4,7-8,18H,3,5-6,9-17H2,1-2H3,(H,21,24);1H. The van der Waals surface area contributed by atoms with Crippen LogP contribution in [0, 0.1) is 5.92 Å². The number of halogens is 1. The van der Waals surface area contributed by atoms with Gasteiger partial charge in [0.15, 0.2) is 5.96 Å². The van der Waals surface area contributed by atoms with E-state index in [1.165, 1.54) is 12.8 Å². The van der Waals surface area contributed by atoms with Crippen LogP contribution >= 0.6 is 24.0 Å². The fraction of sp³-hybridized carbons (Fsp3) is 0.750. The first-order valence-electron chi connectivity index (χ1n) is 10.6. The summed E-state index contributed by atoms with van der Waals surface area (Å²) in [4.78, 5) is 20.4. The van der Waals surface area contributed by atoms with Crippen LogP contribution in [0.1, 0.15) is 19.8 Å². The topological polar surface area (TPSA) is 69.1 Å². The molecule has 8 nitrogen and oxygen atoms in total. The van der Waals surface area contributed by atoms with Crippen molar-refractivity contribution in [2.45, 2.75) is 19.8 Å². The van der Waals surface area contributed by atoms with E-state index < -0.39 is 0 Å². The molecule has 2 heterocycles. The number of anilines is 1. The molecule has 29 heavy (non-hydrogen) atoms. The van der Waals surface area contributed by atoms with Gasteiger partial charge in [-0.1, -0.05) is 0 Å². The third-order valence-electron chi connectivity index (χ3n) is 5.20. The number of nitrogens with zero attached hydrogens (tertiary/aromatic N) is 6. The summed E-state index contributed by atoms with van der Waals surface area (Å²) in [6, 6.07) is 1.86. The molecule has 1 aromatic heterocycles. The normalized spacial score (nSPS) is 17.7. The molecule has 0 amide bonds. The summed E-state index contributed by atoms with van der Waals surface area (Å²) in [7, 11) is 2.08. The maximum absolute atomic E-state index is 5.76. The van der Waals surface area contributed by atoms with Crippen molar-refractivity contribution >= 4 is 35.9 Å². The van der Waals surface area contributed by atoms with Gasteiger partial charge in [-0.3, -0.25) is 9.89 Å². The molecule has 2 aliphatic rings. The highest BCUT2D eigenvalue weighted by Gasteiger charge is 2.21. The second-order valence-corrected chi connectivity index (χ2v) is 7.55. The number of hydrogen-bond donors (Lipinski definition) is 1. The van der Waals surface area contributed by atoms with Crippen LogP contribution in [0.4, 0.5) is 5.95 Å². The van der Waals surface area contributed by atoms with Crippen molar-refractivity contribution in [3.8, 4) is 0 Å². The van der Waals surface area contributed by atoms with Crippen LogP contribution < -0.4 is 10.2 Å². The Bertz CT molecular complexity index is 592. The van der Waals surface area contributed by atoms with Gasteiger partial charge in [0.2, 0.25) is 5.95 Å². The van der Waals surface area contributed by atoms with Gasteiger partial charge < -0.3 is 19.9 Å². The number of guanidine groups is 1. The van der Waals surface area contributed by atoms with E-state index in [0.29, 0.717) is 0 Å². The first-order valence-corrected chi connectivity index (χ1v) is 10.6. The monoisotopic (exact) mass is 517 g/mol. The smallest absolute Gasteiger partial charge is 0.225 e. The lowest BCUT2D eigenvalue weighted by Crippen LogP contribution is -2.48. The van der Waals surface area contributed by atoms with Crippen LogP contribution in [0.2, 0.25) is 0 Å². The van der Waals surface area contributed by atoms with E-state index >= 15 is 0 Å². The lowest BCUT2D eigenvalue weighted by molar-refractivity contribution is 0.115. The zero-order valence-electron chi connectivity index (χ0n) is 17.8. The Morgan fingerprint density at radius 3 is 2.62 bits per heavy atom. The minimum absolute atomic E-state index is 0. The van der Waals surface area contributed by atoms with Crippen molar-refractivity contribution < 1.29 is 4.74 Å². The lowest BCUT2D eigenvalue weighted by atomic mass is 10.3. The van der Waals surface area contributed by atoms with E-state index in [1.807, 2.05) is 6.07 Å². The van der Waals surface area contributed by atoms with Gasteiger partial charge in [0.05, 0.1) is 13.2 Å². The molecule has 1 aliphatic heterocycles. The van der Waals surface area contributed by atoms with E-state index in [1.54, 1.807) is 12.4 Å². The van der Waals surface area contributed by atoms with Gasteiger partial charge in [-0.15, -0.1) is 24.0 Å². The van der Waals surface area contributed by atoms with Crippen LogP contribution in [-0.2, 0) is 4.74 Å². The number of ether oxygens (including phenoxy) is 1. The average Bonchev–Trinajstić information content (AvgIpc) is 3.56. The summed E-state index contributed by atoms with van der Waals surface area (Å²) in [5.74, 6) is 2.62. The van der Waals surface area contributed by atoms with Crippen molar-refractivity contribution in [2.75, 3.05) is 77.5 Å². The molecule has 1 saturated heterocycles. The lowest BCUT2D eigenvalue weighted by Gasteiger charge is -2.34. The van der Waals surface area contributed by atoms with Crippen molar-refractivity contribution in [3.63, 3.8) is 0 Å². The van der Waals surface area contributed by atoms with Gasteiger partial charge in [0.25, 0.3) is 0 Å². The molecule has 0 spiro atoms. The Balaban J connectivity index is 0.00000300. The summed E-state index contributed by atoms with van der Waals surface area (Å²) in [6.45, 7) is 11.3. The quantitative estimate of drug-likeness (QED) is 0.219. The van der Waals surface area contributed by atoms with Crippen molar-refractivity contribution in [2.24, 2.45) is 10.9 Å². The SMILES string of the molecule is CCNC(=NCCN1CCN(c2ncccn2)CC1)N(C)CCOCC1CC1.I. The zero-order valence-corrected chi connectivity index (χ0v) is 20.1. The molecule has 0 aromatic carbocycles. The molecular formula is C20H36IN7O. The van der Waals surface area contributed by atoms with Crippen LogP contribution in [0.5, 0.6) is 0 Å². The van der Waals surface area contributed by atoms with E-state index in [4.69, 9.17) is 9.73 Å². The molecule has 164 valence electrons. The predicted octanol–water partition coefficient (Wildman–Crippen LogP) is 1.54. The predicted molar refractivity (Wildman–Crippen MR) is 128 cm³/mol. The number of piperazine rings is 1. The van der Waals surface area contributed by atoms with E-state index in [0.717, 1.165) is 83.4 Å². The highest BCUT2D eigenvalue weighted by molar-refractivity contribution is 14.0. The second-order valence-electron chi connectivity index (χ2n) is 7.55. The molecule has 1 N–H and O–H groups in total. The highest BCUT2D eigenvalue weighted by Crippen LogP contribution is 2.28. The van der Waals surface area contributed by atoms with Crippen molar-refractivity contribution in [1.82, 2.24) is 25.1 Å². The molecule has 1 aromatic rings. The number of aliphatic imine (C=N–C) groups is 1. The Kier molecular flexibility index (Phi) is 10.9. The van der Waals surface area contributed by atoms with Gasteiger partial charge in [-0.05, 0) is 31.7 Å². The maximum atomic E-state index is 5.76. The van der Waals surface area contributed by atoms with Gasteiger partial charge >= 0.3 is 0 Å². The maximum Gasteiger partial charge on any atom is 0.225 e. The molecular weight excluding hydrogens is 481 g/mol. The Labute approximate surface area is 192 Å². The minimum atomic E-state index is 0. The third kappa shape index (κ3) is 8.59. The highest BCUT2D eigenvalue weighted by atomic mass is 127. The average molecular weight is 517 g/mol. The fourth-order valence-electron chi connectivity index (χ4n) is 3.23. The van der Waals surface area contributed by atoms with Crippen molar-refractivity contribution in [3.05, 3.63) is 18.5 Å². The van der Waals surface area contributed by atoms with E-state index in [2.05, 4.69) is 44.0 Å². The zero-order chi connectivity index (χ0) is 19.6. The Morgan fingerprint density at radius 2 is 1.97 bits per heavy atom. The molecule has 0 atom stereocenters. The molecule has 1 saturated carbocycles. The molecule has 0 unspecified atom stereocenters. The number of hydrogen-bond acceptors (Lipinski definition) is 6. The molecule has 0 bridgehead atoms. The van der Waals surface area contributed by atoms with Gasteiger partial charge in [-0.2, -0.15) is 0 Å². The van der Waals surface area contributed by atoms with E-state index in [9.17, 15) is 0 Å². The second kappa shape index (κ2) is 13.2. The van der Waals surface area contributed by atoms with Crippen LogP contribution in [-0.4, -0.2) is 98.3 Å². The summed E-state index contributed by atoms with van der Waals surface area (Å²) >= 11 is 0. The van der Waals surface area contributed by atoms with E-state index in [-0.39, 0.29) is 24.0 Å². The molecule has 9 heteroatoms. The summed E-state index contributed by atoms with van der Waals surface area (Å²) in [5.41, 5.74) is 0. The number of nitrogens with one attached hydrogen (secondary N) is 1. The third-order valence-corrected chi connectivity index (χ3v) is 5.20.